The second-order valence-electron chi connectivity index (χ2n) is 8.45. The van der Waals surface area contributed by atoms with Crippen molar-refractivity contribution < 1.29 is 18.7 Å². The van der Waals surface area contributed by atoms with Gasteiger partial charge in [-0.05, 0) is 49.6 Å². The topological polar surface area (TPSA) is 78.3 Å². The molecule has 7 nitrogen and oxygen atoms in total. The summed E-state index contributed by atoms with van der Waals surface area (Å²) < 4.78 is 27.0. The number of anilines is 1. The fourth-order valence-corrected chi connectivity index (χ4v) is 4.84. The van der Waals surface area contributed by atoms with E-state index >= 15 is 0 Å². The lowest BCUT2D eigenvalue weighted by Gasteiger charge is -2.28. The zero-order chi connectivity index (χ0) is 25.5. The number of aromatic nitrogens is 3. The van der Waals surface area contributed by atoms with Crippen LogP contribution >= 0.6 is 11.8 Å². The summed E-state index contributed by atoms with van der Waals surface area (Å²) in [7, 11) is 0. The molecule has 0 radical (unpaired) electrons. The minimum absolute atomic E-state index is 0.260. The Morgan fingerprint density at radius 1 is 1.14 bits per heavy atom. The smallest absolute Gasteiger partial charge is 0.338 e. The Labute approximate surface area is 215 Å². The Morgan fingerprint density at radius 2 is 1.92 bits per heavy atom. The predicted octanol–water partition coefficient (Wildman–Crippen LogP) is 6.13. The monoisotopic (exact) mass is 510 g/mol. The Hall–Kier alpha value is -3.33. The largest absolute Gasteiger partial charge is 0.494 e. The molecule has 1 aliphatic rings. The molecule has 0 saturated heterocycles. The number of allylic oxidation sites excluding steroid dienone is 1. The van der Waals surface area contributed by atoms with Crippen LogP contribution in [-0.2, 0) is 15.3 Å². The van der Waals surface area contributed by atoms with Gasteiger partial charge in [-0.15, -0.1) is 5.10 Å². The molecule has 190 valence electrons. The summed E-state index contributed by atoms with van der Waals surface area (Å²) in [5.74, 6) is 1.02. The standard InChI is InChI=1S/C27H31FN4O3S/c1-4-6-9-16-35-21-14-12-19(13-15-21)24-23(25(33)34-5-2)18(3)29-26-30-27(31-32(24)26)36-17-20-10-7-8-11-22(20)28/h7-8,10-15,24H,4-6,9,16-17H2,1-3H3,(H,29,30,31). The number of hydrogen-bond acceptors (Lipinski definition) is 7. The van der Waals surface area contributed by atoms with Crippen LogP contribution in [0.25, 0.3) is 0 Å². The number of nitrogens with zero attached hydrogens (tertiary/aromatic N) is 3. The van der Waals surface area contributed by atoms with E-state index in [1.807, 2.05) is 31.2 Å². The van der Waals surface area contributed by atoms with Crippen LogP contribution in [0.15, 0.2) is 65.0 Å². The van der Waals surface area contributed by atoms with Crippen LogP contribution < -0.4 is 10.1 Å². The van der Waals surface area contributed by atoms with Crippen LogP contribution in [0.5, 0.6) is 5.75 Å². The maximum absolute atomic E-state index is 14.1. The molecule has 0 aliphatic carbocycles. The number of carbonyl (C=O) groups excluding carboxylic acids is 1. The van der Waals surface area contributed by atoms with Crippen molar-refractivity contribution in [2.24, 2.45) is 0 Å². The van der Waals surface area contributed by atoms with E-state index in [0.717, 1.165) is 30.6 Å². The lowest BCUT2D eigenvalue weighted by atomic mass is 9.96. The molecule has 0 fully saturated rings. The van der Waals surface area contributed by atoms with Gasteiger partial charge in [0, 0.05) is 11.4 Å². The fourth-order valence-electron chi connectivity index (χ4n) is 4.02. The third-order valence-electron chi connectivity index (χ3n) is 5.86. The number of rotatable bonds is 11. The van der Waals surface area contributed by atoms with Crippen LogP contribution in [0, 0.1) is 5.82 Å². The van der Waals surface area contributed by atoms with E-state index in [4.69, 9.17) is 9.47 Å². The molecule has 0 saturated carbocycles. The van der Waals surface area contributed by atoms with E-state index in [9.17, 15) is 9.18 Å². The highest BCUT2D eigenvalue weighted by Crippen LogP contribution is 2.37. The number of thioether (sulfide) groups is 1. The number of ether oxygens (including phenoxy) is 2. The quantitative estimate of drug-likeness (QED) is 0.189. The molecule has 0 spiro atoms. The minimum atomic E-state index is -0.523. The maximum atomic E-state index is 14.1. The van der Waals surface area contributed by atoms with Crippen LogP contribution in [0.4, 0.5) is 10.3 Å². The summed E-state index contributed by atoms with van der Waals surface area (Å²) in [5.41, 5.74) is 2.56. The molecule has 4 rings (SSSR count). The number of nitrogens with one attached hydrogen (secondary N) is 1. The van der Waals surface area contributed by atoms with Crippen molar-refractivity contribution in [3.05, 3.63) is 76.7 Å². The summed E-state index contributed by atoms with van der Waals surface area (Å²) in [6.07, 6.45) is 3.28. The Balaban J connectivity index is 1.61. The highest BCUT2D eigenvalue weighted by Gasteiger charge is 2.35. The number of halogens is 1. The Kier molecular flexibility index (Phi) is 8.64. The highest BCUT2D eigenvalue weighted by atomic mass is 32.2. The summed E-state index contributed by atoms with van der Waals surface area (Å²) >= 11 is 1.34. The number of carbonyl (C=O) groups is 1. The first-order valence-corrected chi connectivity index (χ1v) is 13.2. The van der Waals surface area contributed by atoms with Crippen LogP contribution in [0.2, 0.25) is 0 Å². The zero-order valence-corrected chi connectivity index (χ0v) is 21.6. The molecule has 1 atom stereocenters. The molecule has 3 aromatic rings. The summed E-state index contributed by atoms with van der Waals surface area (Å²) in [6, 6.07) is 13.8. The normalized spacial score (nSPS) is 14.8. The van der Waals surface area contributed by atoms with Crippen molar-refractivity contribution in [2.45, 2.75) is 57.0 Å². The van der Waals surface area contributed by atoms with Gasteiger partial charge in [0.25, 0.3) is 0 Å². The summed E-state index contributed by atoms with van der Waals surface area (Å²) in [4.78, 5) is 17.6. The van der Waals surface area contributed by atoms with Crippen LogP contribution in [0.3, 0.4) is 0 Å². The maximum Gasteiger partial charge on any atom is 0.338 e. The van der Waals surface area contributed by atoms with Crippen molar-refractivity contribution in [1.82, 2.24) is 14.8 Å². The Morgan fingerprint density at radius 3 is 2.64 bits per heavy atom. The fraction of sp³-hybridized carbons (Fsp3) is 0.370. The van der Waals surface area contributed by atoms with E-state index in [1.54, 1.807) is 29.8 Å². The number of unbranched alkanes of at least 4 members (excludes halogenated alkanes) is 2. The molecule has 1 aliphatic heterocycles. The van der Waals surface area contributed by atoms with Gasteiger partial charge in [-0.25, -0.2) is 13.9 Å². The van der Waals surface area contributed by atoms with Crippen molar-refractivity contribution >= 4 is 23.7 Å². The highest BCUT2D eigenvalue weighted by molar-refractivity contribution is 7.98. The molecule has 2 heterocycles. The van der Waals surface area contributed by atoms with Crippen molar-refractivity contribution in [3.63, 3.8) is 0 Å². The van der Waals surface area contributed by atoms with E-state index in [1.165, 1.54) is 17.8 Å². The zero-order valence-electron chi connectivity index (χ0n) is 20.8. The SMILES string of the molecule is CCCCCOc1ccc(C2C(C(=O)OCC)=C(C)Nc3nc(SCc4ccccc4F)nn32)cc1. The number of esters is 1. The van der Waals surface area contributed by atoms with E-state index in [0.29, 0.717) is 40.3 Å². The second kappa shape index (κ2) is 12.1. The van der Waals surface area contributed by atoms with E-state index in [-0.39, 0.29) is 12.4 Å². The summed E-state index contributed by atoms with van der Waals surface area (Å²) in [5, 5.41) is 8.36. The van der Waals surface area contributed by atoms with Gasteiger partial charge in [0.15, 0.2) is 0 Å². The second-order valence-corrected chi connectivity index (χ2v) is 9.40. The van der Waals surface area contributed by atoms with Crippen LogP contribution in [0.1, 0.15) is 57.2 Å². The molecule has 1 N–H and O–H groups in total. The molecule has 36 heavy (non-hydrogen) atoms. The van der Waals surface area contributed by atoms with Crippen molar-refractivity contribution in [1.29, 1.82) is 0 Å². The van der Waals surface area contributed by atoms with Crippen molar-refractivity contribution in [2.75, 3.05) is 18.5 Å². The first-order chi connectivity index (χ1) is 17.5. The van der Waals surface area contributed by atoms with Gasteiger partial charge in [0.1, 0.15) is 17.6 Å². The molecule has 2 aromatic carbocycles. The molecular weight excluding hydrogens is 479 g/mol. The van der Waals surface area contributed by atoms with Crippen molar-refractivity contribution in [3.8, 4) is 5.75 Å². The molecule has 1 unspecified atom stereocenters. The number of hydrogen-bond donors (Lipinski definition) is 1. The first kappa shape index (κ1) is 25.8. The predicted molar refractivity (Wildman–Crippen MR) is 139 cm³/mol. The van der Waals surface area contributed by atoms with Gasteiger partial charge in [-0.1, -0.05) is 61.9 Å². The van der Waals surface area contributed by atoms with Gasteiger partial charge in [-0.2, -0.15) is 4.98 Å². The van der Waals surface area contributed by atoms with E-state index < -0.39 is 12.0 Å². The molecule has 0 bridgehead atoms. The van der Waals surface area contributed by atoms with Gasteiger partial charge in [0.2, 0.25) is 11.1 Å². The Bertz CT molecular complexity index is 1230. The lowest BCUT2D eigenvalue weighted by Crippen LogP contribution is -2.29. The van der Waals surface area contributed by atoms with Gasteiger partial charge in [0.05, 0.1) is 18.8 Å². The lowest BCUT2D eigenvalue weighted by molar-refractivity contribution is -0.139. The molecule has 9 heteroatoms. The molecule has 1 aromatic heterocycles. The summed E-state index contributed by atoms with van der Waals surface area (Å²) in [6.45, 7) is 6.70. The van der Waals surface area contributed by atoms with Gasteiger partial charge < -0.3 is 14.8 Å². The first-order valence-electron chi connectivity index (χ1n) is 12.2. The van der Waals surface area contributed by atoms with E-state index in [2.05, 4.69) is 22.3 Å². The number of benzene rings is 2. The third kappa shape index (κ3) is 5.90. The van der Waals surface area contributed by atoms with Gasteiger partial charge in [-0.3, -0.25) is 0 Å². The minimum Gasteiger partial charge on any atom is -0.494 e. The third-order valence-corrected chi connectivity index (χ3v) is 6.74. The molecular formula is C27H31FN4O3S. The molecule has 0 amide bonds. The average Bonchev–Trinajstić information content (AvgIpc) is 3.28. The average molecular weight is 511 g/mol. The van der Waals surface area contributed by atoms with Crippen LogP contribution in [-0.4, -0.2) is 33.9 Å². The van der Waals surface area contributed by atoms with Gasteiger partial charge >= 0.3 is 5.97 Å². The number of fused-ring (bicyclic) bond motifs is 1.